The summed E-state index contributed by atoms with van der Waals surface area (Å²) in [5.41, 5.74) is 3.19. The van der Waals surface area contributed by atoms with Gasteiger partial charge < -0.3 is 19.8 Å². The van der Waals surface area contributed by atoms with Gasteiger partial charge in [0.05, 0.1) is 18.1 Å². The molecule has 0 aliphatic carbocycles. The molecule has 4 rings (SSSR count). The molecule has 3 N–H and O–H groups in total. The van der Waals surface area contributed by atoms with Gasteiger partial charge in [-0.1, -0.05) is 78.9 Å². The van der Waals surface area contributed by atoms with Gasteiger partial charge in [-0.05, 0) is 29.2 Å². The Hall–Kier alpha value is -3.35. The second kappa shape index (κ2) is 8.99. The second-order valence-corrected chi connectivity index (χ2v) is 7.24. The van der Waals surface area contributed by atoms with Gasteiger partial charge in [0, 0.05) is 5.39 Å². The summed E-state index contributed by atoms with van der Waals surface area (Å²) < 4.78 is 5.54. The molecule has 0 aliphatic heterocycles. The third-order valence-corrected chi connectivity index (χ3v) is 5.22. The Labute approximate surface area is 175 Å². The first-order chi connectivity index (χ1) is 14.6. The summed E-state index contributed by atoms with van der Waals surface area (Å²) in [6, 6.07) is 26.4. The van der Waals surface area contributed by atoms with Gasteiger partial charge >= 0.3 is 7.12 Å². The molecular weight excluding hydrogens is 377 g/mol. The number of furan rings is 1. The fourth-order valence-electron chi connectivity index (χ4n) is 3.71. The van der Waals surface area contributed by atoms with Crippen molar-refractivity contribution in [1.82, 2.24) is 5.32 Å². The minimum Gasteiger partial charge on any atom is -0.464 e. The highest BCUT2D eigenvalue weighted by Crippen LogP contribution is 2.26. The van der Waals surface area contributed by atoms with E-state index in [1.807, 2.05) is 84.9 Å². The van der Waals surface area contributed by atoms with Crippen LogP contribution >= 0.6 is 0 Å². The van der Waals surface area contributed by atoms with Gasteiger partial charge in [-0.25, -0.2) is 0 Å². The maximum absolute atomic E-state index is 13.3. The molecule has 0 radical (unpaired) electrons. The zero-order valence-corrected chi connectivity index (χ0v) is 16.3. The third kappa shape index (κ3) is 4.30. The SMILES string of the molecule is O=C(N[C@@H](Cc1coc2ccccc12)B(O)O)C(c1ccccc1)c1ccccc1. The van der Waals surface area contributed by atoms with E-state index in [1.165, 1.54) is 0 Å². The molecule has 0 saturated carbocycles. The average molecular weight is 399 g/mol. The van der Waals surface area contributed by atoms with E-state index in [9.17, 15) is 14.8 Å². The Balaban J connectivity index is 1.60. The molecule has 150 valence electrons. The molecule has 3 aromatic carbocycles. The highest BCUT2D eigenvalue weighted by atomic mass is 16.4. The van der Waals surface area contributed by atoms with Crippen molar-refractivity contribution in [3.63, 3.8) is 0 Å². The summed E-state index contributed by atoms with van der Waals surface area (Å²) in [5.74, 6) is -1.73. The summed E-state index contributed by atoms with van der Waals surface area (Å²) in [6.45, 7) is 0. The Morgan fingerprint density at radius 2 is 1.43 bits per heavy atom. The number of rotatable bonds is 7. The van der Waals surface area contributed by atoms with Gasteiger partial charge in [-0.2, -0.15) is 0 Å². The number of benzene rings is 3. The van der Waals surface area contributed by atoms with Gasteiger partial charge in [-0.15, -0.1) is 0 Å². The Bertz CT molecular complexity index is 1070. The average Bonchev–Trinajstić information content (AvgIpc) is 3.18. The predicted molar refractivity (Wildman–Crippen MR) is 117 cm³/mol. The topological polar surface area (TPSA) is 82.7 Å². The predicted octanol–water partition coefficient (Wildman–Crippen LogP) is 3.30. The Morgan fingerprint density at radius 1 is 0.867 bits per heavy atom. The molecule has 0 saturated heterocycles. The van der Waals surface area contributed by atoms with E-state index < -0.39 is 19.0 Å². The van der Waals surface area contributed by atoms with Crippen molar-refractivity contribution >= 4 is 24.0 Å². The van der Waals surface area contributed by atoms with Crippen molar-refractivity contribution in [1.29, 1.82) is 0 Å². The van der Waals surface area contributed by atoms with E-state index in [1.54, 1.807) is 6.26 Å². The number of amides is 1. The van der Waals surface area contributed by atoms with Crippen LogP contribution in [0.2, 0.25) is 0 Å². The minimum atomic E-state index is -1.71. The number of fused-ring (bicyclic) bond motifs is 1. The van der Waals surface area contributed by atoms with Gasteiger partial charge in [0.1, 0.15) is 5.58 Å². The van der Waals surface area contributed by atoms with Crippen LogP contribution in [0.15, 0.2) is 95.6 Å². The summed E-state index contributed by atoms with van der Waals surface area (Å²) in [7, 11) is -1.71. The van der Waals surface area contributed by atoms with Crippen LogP contribution in [0.5, 0.6) is 0 Å². The first kappa shape index (κ1) is 19.9. The number of hydrogen-bond donors (Lipinski definition) is 3. The molecule has 5 nitrogen and oxygen atoms in total. The van der Waals surface area contributed by atoms with Crippen molar-refractivity contribution in [3.8, 4) is 0 Å². The van der Waals surface area contributed by atoms with E-state index in [0.29, 0.717) is 0 Å². The number of nitrogens with one attached hydrogen (secondary N) is 1. The molecule has 0 unspecified atom stereocenters. The lowest BCUT2D eigenvalue weighted by Crippen LogP contribution is -2.49. The molecule has 1 heterocycles. The van der Waals surface area contributed by atoms with Crippen molar-refractivity contribution in [2.24, 2.45) is 0 Å². The van der Waals surface area contributed by atoms with E-state index in [4.69, 9.17) is 4.42 Å². The van der Waals surface area contributed by atoms with Crippen molar-refractivity contribution in [3.05, 3.63) is 108 Å². The normalized spacial score (nSPS) is 12.1. The van der Waals surface area contributed by atoms with E-state index in [-0.39, 0.29) is 12.3 Å². The Morgan fingerprint density at radius 3 is 2.03 bits per heavy atom. The maximum Gasteiger partial charge on any atom is 0.475 e. The third-order valence-electron chi connectivity index (χ3n) is 5.22. The van der Waals surface area contributed by atoms with Crippen LogP contribution in [-0.2, 0) is 11.2 Å². The molecule has 1 amide bonds. The van der Waals surface area contributed by atoms with E-state index >= 15 is 0 Å². The number of carbonyl (C=O) groups is 1. The molecule has 0 spiro atoms. The highest BCUT2D eigenvalue weighted by molar-refractivity contribution is 6.43. The van der Waals surface area contributed by atoms with Crippen LogP contribution in [0.4, 0.5) is 0 Å². The molecule has 30 heavy (non-hydrogen) atoms. The smallest absolute Gasteiger partial charge is 0.464 e. The summed E-state index contributed by atoms with van der Waals surface area (Å²) in [4.78, 5) is 13.3. The molecule has 1 atom stereocenters. The molecule has 0 bridgehead atoms. The number of para-hydroxylation sites is 1. The molecule has 1 aromatic heterocycles. The second-order valence-electron chi connectivity index (χ2n) is 7.24. The molecular formula is C24H22BNO4. The van der Waals surface area contributed by atoms with Crippen LogP contribution in [-0.4, -0.2) is 29.0 Å². The zero-order valence-electron chi connectivity index (χ0n) is 16.3. The largest absolute Gasteiger partial charge is 0.475 e. The molecule has 4 aromatic rings. The molecule has 0 aliphatic rings. The van der Waals surface area contributed by atoms with Crippen molar-refractivity contribution in [2.45, 2.75) is 18.3 Å². The van der Waals surface area contributed by atoms with Crippen LogP contribution in [0.25, 0.3) is 11.0 Å². The molecule has 0 fully saturated rings. The fourth-order valence-corrected chi connectivity index (χ4v) is 3.71. The molecule has 6 heteroatoms. The summed E-state index contributed by atoms with van der Waals surface area (Å²) >= 11 is 0. The number of carbonyl (C=O) groups excluding carboxylic acids is 1. The van der Waals surface area contributed by atoms with Gasteiger partial charge in [-0.3, -0.25) is 4.79 Å². The maximum atomic E-state index is 13.3. The van der Waals surface area contributed by atoms with Gasteiger partial charge in [0.15, 0.2) is 0 Å². The standard InChI is InChI=1S/C24H22BNO4/c27-24(23(17-9-3-1-4-10-17)18-11-5-2-6-12-18)26-22(25(28)29)15-19-16-30-21-14-8-7-13-20(19)21/h1-14,16,22-23,28-29H,15H2,(H,26,27)/t22-/m0/s1. The fraction of sp³-hybridized carbons (Fsp3) is 0.125. The minimum absolute atomic E-state index is 0.233. The summed E-state index contributed by atoms with van der Waals surface area (Å²) in [5, 5.41) is 23.7. The lowest BCUT2D eigenvalue weighted by atomic mass is 9.75. The van der Waals surface area contributed by atoms with Crippen LogP contribution < -0.4 is 5.32 Å². The van der Waals surface area contributed by atoms with Crippen LogP contribution in [0.3, 0.4) is 0 Å². The van der Waals surface area contributed by atoms with E-state index in [2.05, 4.69) is 5.32 Å². The van der Waals surface area contributed by atoms with Gasteiger partial charge in [0.25, 0.3) is 0 Å². The van der Waals surface area contributed by atoms with Gasteiger partial charge in [0.2, 0.25) is 5.91 Å². The Kier molecular flexibility index (Phi) is 5.98. The van der Waals surface area contributed by atoms with Crippen LogP contribution in [0, 0.1) is 0 Å². The quantitative estimate of drug-likeness (QED) is 0.417. The van der Waals surface area contributed by atoms with Crippen LogP contribution in [0.1, 0.15) is 22.6 Å². The zero-order chi connectivity index (χ0) is 20.9. The summed E-state index contributed by atoms with van der Waals surface area (Å²) in [6.07, 6.45) is 1.83. The lowest BCUT2D eigenvalue weighted by molar-refractivity contribution is -0.122. The first-order valence-corrected chi connectivity index (χ1v) is 9.85. The first-order valence-electron chi connectivity index (χ1n) is 9.85. The lowest BCUT2D eigenvalue weighted by Gasteiger charge is -2.23. The van der Waals surface area contributed by atoms with E-state index in [0.717, 1.165) is 27.7 Å². The monoisotopic (exact) mass is 399 g/mol. The van der Waals surface area contributed by atoms with Crippen molar-refractivity contribution < 1.29 is 19.3 Å². The number of hydrogen-bond acceptors (Lipinski definition) is 4. The van der Waals surface area contributed by atoms with Crippen molar-refractivity contribution in [2.75, 3.05) is 0 Å². The highest BCUT2D eigenvalue weighted by Gasteiger charge is 2.31.